The lowest BCUT2D eigenvalue weighted by Gasteiger charge is -2.13. The first-order valence-corrected chi connectivity index (χ1v) is 9.48. The van der Waals surface area contributed by atoms with E-state index in [0.29, 0.717) is 5.88 Å². The van der Waals surface area contributed by atoms with Crippen LogP contribution in [0.15, 0.2) is 60.5 Å². The Bertz CT molecular complexity index is 1290. The first-order valence-electron chi connectivity index (χ1n) is 8.60. The first-order chi connectivity index (χ1) is 13.2. The number of hydrogen-bond acceptors (Lipinski definition) is 5. The summed E-state index contributed by atoms with van der Waals surface area (Å²) in [5.41, 5.74) is 5.06. The molecule has 6 heteroatoms. The molecule has 0 aliphatic heterocycles. The van der Waals surface area contributed by atoms with E-state index < -0.39 is 0 Å². The van der Waals surface area contributed by atoms with Gasteiger partial charge in [0.25, 0.3) is 0 Å². The highest BCUT2D eigenvalue weighted by atomic mass is 32.1. The van der Waals surface area contributed by atoms with Crippen molar-refractivity contribution in [2.24, 2.45) is 0 Å². The van der Waals surface area contributed by atoms with Crippen molar-refractivity contribution in [3.63, 3.8) is 0 Å². The van der Waals surface area contributed by atoms with Gasteiger partial charge in [-0.3, -0.25) is 9.38 Å². The van der Waals surface area contributed by atoms with Crippen molar-refractivity contribution >= 4 is 27.1 Å². The highest BCUT2D eigenvalue weighted by Crippen LogP contribution is 2.34. The maximum absolute atomic E-state index is 6.09. The van der Waals surface area contributed by atoms with Crippen molar-refractivity contribution in [1.82, 2.24) is 19.4 Å². The van der Waals surface area contributed by atoms with Gasteiger partial charge in [0.15, 0.2) is 5.65 Å². The Hall–Kier alpha value is -3.25. The van der Waals surface area contributed by atoms with Gasteiger partial charge in [-0.05, 0) is 60.5 Å². The molecular weight excluding hydrogens is 356 g/mol. The van der Waals surface area contributed by atoms with Crippen LogP contribution in [0.3, 0.4) is 0 Å². The fourth-order valence-electron chi connectivity index (χ4n) is 3.33. The zero-order valence-electron chi connectivity index (χ0n) is 14.9. The molecule has 0 saturated carbocycles. The number of benzene rings is 1. The van der Waals surface area contributed by atoms with E-state index in [2.05, 4.69) is 43.8 Å². The van der Waals surface area contributed by atoms with Crippen LogP contribution in [0.1, 0.15) is 11.3 Å². The Balaban J connectivity index is 1.57. The minimum atomic E-state index is 0.643. The van der Waals surface area contributed by atoms with Crippen LogP contribution in [0.2, 0.25) is 0 Å². The van der Waals surface area contributed by atoms with Crippen LogP contribution in [-0.4, -0.2) is 19.4 Å². The number of hydrogen-bond donors (Lipinski definition) is 0. The lowest BCUT2D eigenvalue weighted by Crippen LogP contribution is -1.99. The number of fused-ring (bicyclic) bond motifs is 2. The molecule has 4 aromatic heterocycles. The standard InChI is InChI=1S/C21H16N4OS/c1-13-11-16(26-21-20-15(5-7-23-21)6-10-27-20)3-4-17(13)19-14(2)24-12-18-22-8-9-25(18)19/h3-12H,1-2H3. The van der Waals surface area contributed by atoms with Crippen molar-refractivity contribution in [3.8, 4) is 22.9 Å². The Labute approximate surface area is 159 Å². The Morgan fingerprint density at radius 1 is 1.00 bits per heavy atom. The van der Waals surface area contributed by atoms with Crippen LogP contribution in [0.5, 0.6) is 11.6 Å². The van der Waals surface area contributed by atoms with Crippen molar-refractivity contribution < 1.29 is 4.74 Å². The molecule has 0 bridgehead atoms. The van der Waals surface area contributed by atoms with Gasteiger partial charge in [0.1, 0.15) is 5.75 Å². The second-order valence-corrected chi connectivity index (χ2v) is 7.30. The van der Waals surface area contributed by atoms with Gasteiger partial charge in [0.05, 0.1) is 22.3 Å². The summed E-state index contributed by atoms with van der Waals surface area (Å²) in [7, 11) is 0. The molecule has 0 radical (unpaired) electrons. The summed E-state index contributed by atoms with van der Waals surface area (Å²) in [4.78, 5) is 13.2. The number of aromatic nitrogens is 4. The topological polar surface area (TPSA) is 52.3 Å². The molecule has 0 atom stereocenters. The summed E-state index contributed by atoms with van der Waals surface area (Å²) in [5, 5.41) is 3.20. The van der Waals surface area contributed by atoms with Gasteiger partial charge in [-0.2, -0.15) is 0 Å². The number of nitrogens with zero attached hydrogens (tertiary/aromatic N) is 4. The van der Waals surface area contributed by atoms with Crippen molar-refractivity contribution in [2.45, 2.75) is 13.8 Å². The predicted molar refractivity (Wildman–Crippen MR) is 108 cm³/mol. The molecule has 0 unspecified atom stereocenters. The molecule has 0 fully saturated rings. The fourth-order valence-corrected chi connectivity index (χ4v) is 4.15. The van der Waals surface area contributed by atoms with Crippen LogP contribution in [-0.2, 0) is 0 Å². The van der Waals surface area contributed by atoms with E-state index in [1.54, 1.807) is 29.9 Å². The van der Waals surface area contributed by atoms with E-state index in [1.807, 2.05) is 31.3 Å². The minimum Gasteiger partial charge on any atom is -0.438 e. The monoisotopic (exact) mass is 372 g/mol. The molecule has 5 aromatic rings. The van der Waals surface area contributed by atoms with Crippen molar-refractivity contribution in [2.75, 3.05) is 0 Å². The normalized spacial score (nSPS) is 11.3. The summed E-state index contributed by atoms with van der Waals surface area (Å²) in [6.07, 6.45) is 7.32. The SMILES string of the molecule is Cc1cc(Oc2nccc3ccsc23)ccc1-c1c(C)ncc2nccn12. The summed E-state index contributed by atoms with van der Waals surface area (Å²) in [6.45, 7) is 4.09. The summed E-state index contributed by atoms with van der Waals surface area (Å²) < 4.78 is 9.22. The number of imidazole rings is 1. The van der Waals surface area contributed by atoms with Crippen LogP contribution >= 0.6 is 11.3 Å². The number of rotatable bonds is 3. The average Bonchev–Trinajstić information content (AvgIpc) is 3.32. The van der Waals surface area contributed by atoms with E-state index in [4.69, 9.17) is 4.74 Å². The van der Waals surface area contributed by atoms with Gasteiger partial charge < -0.3 is 4.74 Å². The third-order valence-corrected chi connectivity index (χ3v) is 5.55. The largest absolute Gasteiger partial charge is 0.438 e. The molecule has 1 aromatic carbocycles. The molecule has 5 rings (SSSR count). The van der Waals surface area contributed by atoms with E-state index in [-0.39, 0.29) is 0 Å². The second kappa shape index (κ2) is 6.17. The molecule has 27 heavy (non-hydrogen) atoms. The fraction of sp³-hybridized carbons (Fsp3) is 0.0952. The van der Waals surface area contributed by atoms with Crippen LogP contribution < -0.4 is 4.74 Å². The van der Waals surface area contributed by atoms with Crippen molar-refractivity contribution in [1.29, 1.82) is 0 Å². The highest BCUT2D eigenvalue weighted by Gasteiger charge is 2.13. The molecule has 0 spiro atoms. The zero-order chi connectivity index (χ0) is 18.4. The smallest absolute Gasteiger partial charge is 0.237 e. The predicted octanol–water partition coefficient (Wildman–Crippen LogP) is 5.42. The average molecular weight is 372 g/mol. The molecule has 0 saturated heterocycles. The summed E-state index contributed by atoms with van der Waals surface area (Å²) >= 11 is 1.64. The molecule has 5 nitrogen and oxygen atoms in total. The van der Waals surface area contributed by atoms with Crippen LogP contribution in [0, 0.1) is 13.8 Å². The van der Waals surface area contributed by atoms with E-state index in [1.165, 1.54) is 0 Å². The van der Waals surface area contributed by atoms with E-state index in [0.717, 1.165) is 44.0 Å². The Morgan fingerprint density at radius 3 is 2.81 bits per heavy atom. The second-order valence-electron chi connectivity index (χ2n) is 6.38. The minimum absolute atomic E-state index is 0.643. The summed E-state index contributed by atoms with van der Waals surface area (Å²) in [6, 6.07) is 10.2. The number of thiophene rings is 1. The lowest BCUT2D eigenvalue weighted by atomic mass is 10.0. The van der Waals surface area contributed by atoms with E-state index >= 15 is 0 Å². The maximum atomic E-state index is 6.09. The highest BCUT2D eigenvalue weighted by molar-refractivity contribution is 7.17. The van der Waals surface area contributed by atoms with Gasteiger partial charge in [0.2, 0.25) is 5.88 Å². The molecule has 0 aliphatic carbocycles. The van der Waals surface area contributed by atoms with Gasteiger partial charge in [0, 0.05) is 24.2 Å². The number of ether oxygens (including phenoxy) is 1. The van der Waals surface area contributed by atoms with Gasteiger partial charge >= 0.3 is 0 Å². The molecule has 4 heterocycles. The molecular formula is C21H16N4OS. The quantitative estimate of drug-likeness (QED) is 0.425. The van der Waals surface area contributed by atoms with Crippen LogP contribution in [0.25, 0.3) is 27.0 Å². The molecule has 0 aliphatic rings. The number of pyridine rings is 1. The van der Waals surface area contributed by atoms with Crippen LogP contribution in [0.4, 0.5) is 0 Å². The Morgan fingerprint density at radius 2 is 1.93 bits per heavy atom. The Kier molecular flexibility index (Phi) is 3.65. The van der Waals surface area contributed by atoms with E-state index in [9.17, 15) is 0 Å². The van der Waals surface area contributed by atoms with Gasteiger partial charge in [-0.25, -0.2) is 9.97 Å². The molecule has 0 amide bonds. The third-order valence-electron chi connectivity index (χ3n) is 4.63. The lowest BCUT2D eigenvalue weighted by molar-refractivity contribution is 0.470. The third kappa shape index (κ3) is 2.65. The molecule has 132 valence electrons. The van der Waals surface area contributed by atoms with Gasteiger partial charge in [-0.15, -0.1) is 11.3 Å². The first kappa shape index (κ1) is 16.0. The number of aryl methyl sites for hydroxylation is 2. The molecule has 0 N–H and O–H groups in total. The van der Waals surface area contributed by atoms with Gasteiger partial charge in [-0.1, -0.05) is 0 Å². The maximum Gasteiger partial charge on any atom is 0.237 e. The van der Waals surface area contributed by atoms with Crippen molar-refractivity contribution in [3.05, 3.63) is 71.8 Å². The zero-order valence-corrected chi connectivity index (χ0v) is 15.7. The summed E-state index contributed by atoms with van der Waals surface area (Å²) in [5.74, 6) is 1.41.